The van der Waals surface area contributed by atoms with Crippen LogP contribution in [0.25, 0.3) is 10.9 Å². The van der Waals surface area contributed by atoms with E-state index in [1.54, 1.807) is 0 Å². The van der Waals surface area contributed by atoms with Gasteiger partial charge in [0.2, 0.25) is 0 Å². The molecule has 1 aromatic carbocycles. The normalized spacial score (nSPS) is 16.7. The van der Waals surface area contributed by atoms with E-state index in [0.717, 1.165) is 6.54 Å². The van der Waals surface area contributed by atoms with Gasteiger partial charge in [-0.1, -0.05) is 18.2 Å². The van der Waals surface area contributed by atoms with Gasteiger partial charge in [-0.05, 0) is 63.3 Å². The maximum absolute atomic E-state index is 2.60. The van der Waals surface area contributed by atoms with Crippen molar-refractivity contribution in [2.75, 3.05) is 19.6 Å². The molecule has 0 N–H and O–H groups in total. The van der Waals surface area contributed by atoms with Crippen molar-refractivity contribution >= 4 is 10.9 Å². The van der Waals surface area contributed by atoms with Gasteiger partial charge in [0, 0.05) is 17.8 Å². The van der Waals surface area contributed by atoms with E-state index >= 15 is 0 Å². The molecule has 18 heavy (non-hydrogen) atoms. The molecular weight excluding hydrogens is 220 g/mol. The third-order valence-corrected chi connectivity index (χ3v) is 4.07. The number of benzene rings is 1. The number of hydrogen-bond acceptors (Lipinski definition) is 1. The predicted octanol–water partition coefficient (Wildman–Crippen LogP) is 3.44. The quantitative estimate of drug-likeness (QED) is 0.797. The fourth-order valence-corrected chi connectivity index (χ4v) is 3.10. The molecule has 1 aromatic heterocycles. The number of fused-ring (bicyclic) bond motifs is 1. The Morgan fingerprint density at radius 1 is 1.06 bits per heavy atom. The first-order valence-electron chi connectivity index (χ1n) is 7.12. The summed E-state index contributed by atoms with van der Waals surface area (Å²) < 4.78 is 2.46. The molecule has 0 bridgehead atoms. The molecule has 0 spiro atoms. The highest BCUT2D eigenvalue weighted by Crippen LogP contribution is 2.19. The van der Waals surface area contributed by atoms with Gasteiger partial charge in [0.1, 0.15) is 0 Å². The molecule has 0 unspecified atom stereocenters. The Kier molecular flexibility index (Phi) is 3.37. The largest absolute Gasteiger partial charge is 0.345 e. The Hall–Kier alpha value is -1.28. The zero-order chi connectivity index (χ0) is 12.4. The number of rotatable bonds is 4. The Labute approximate surface area is 109 Å². The van der Waals surface area contributed by atoms with E-state index in [-0.39, 0.29) is 0 Å². The van der Waals surface area contributed by atoms with Crippen molar-refractivity contribution in [2.45, 2.75) is 32.7 Å². The molecule has 2 heterocycles. The van der Waals surface area contributed by atoms with Crippen LogP contribution in [0.1, 0.15) is 25.0 Å². The van der Waals surface area contributed by atoms with Gasteiger partial charge in [0.05, 0.1) is 0 Å². The summed E-state index contributed by atoms with van der Waals surface area (Å²) in [4.78, 5) is 2.60. The molecule has 96 valence electrons. The van der Waals surface area contributed by atoms with Crippen LogP contribution in [0.2, 0.25) is 0 Å². The summed E-state index contributed by atoms with van der Waals surface area (Å²) >= 11 is 0. The van der Waals surface area contributed by atoms with Crippen molar-refractivity contribution in [3.63, 3.8) is 0 Å². The topological polar surface area (TPSA) is 8.17 Å². The minimum absolute atomic E-state index is 1.15. The zero-order valence-electron chi connectivity index (χ0n) is 11.2. The lowest BCUT2D eigenvalue weighted by Crippen LogP contribution is -2.21. The molecule has 1 saturated heterocycles. The number of aryl methyl sites for hydroxylation is 2. The lowest BCUT2D eigenvalue weighted by molar-refractivity contribution is 0.326. The second-order valence-corrected chi connectivity index (χ2v) is 5.40. The minimum atomic E-state index is 1.15. The van der Waals surface area contributed by atoms with E-state index in [0.29, 0.717) is 0 Å². The van der Waals surface area contributed by atoms with Crippen molar-refractivity contribution in [3.05, 3.63) is 36.0 Å². The Bertz CT molecular complexity index is 521. The van der Waals surface area contributed by atoms with Crippen molar-refractivity contribution in [1.29, 1.82) is 0 Å². The van der Waals surface area contributed by atoms with Crippen LogP contribution < -0.4 is 0 Å². The van der Waals surface area contributed by atoms with Crippen LogP contribution >= 0.6 is 0 Å². The summed E-state index contributed by atoms with van der Waals surface area (Å²) in [5, 5.41) is 1.37. The fourth-order valence-electron chi connectivity index (χ4n) is 3.10. The van der Waals surface area contributed by atoms with E-state index in [1.807, 2.05) is 0 Å². The summed E-state index contributed by atoms with van der Waals surface area (Å²) in [6.07, 6.45) is 4.05. The molecule has 2 heteroatoms. The standard InChI is InChI=1S/C16H22N2/c1-14-13-15-7-2-3-8-16(15)18(14)12-6-11-17-9-4-5-10-17/h2-3,7-8,13H,4-6,9-12H2,1H3. The molecule has 1 aliphatic rings. The first kappa shape index (κ1) is 11.8. The lowest BCUT2D eigenvalue weighted by atomic mass is 10.2. The van der Waals surface area contributed by atoms with Gasteiger partial charge in [0.15, 0.2) is 0 Å². The van der Waals surface area contributed by atoms with Crippen LogP contribution in [0.5, 0.6) is 0 Å². The molecule has 3 rings (SSSR count). The van der Waals surface area contributed by atoms with Gasteiger partial charge in [-0.25, -0.2) is 0 Å². The average molecular weight is 242 g/mol. The SMILES string of the molecule is Cc1cc2ccccc2n1CCCN1CCCC1. The summed E-state index contributed by atoms with van der Waals surface area (Å²) in [6, 6.07) is 11.0. The summed E-state index contributed by atoms with van der Waals surface area (Å²) in [7, 11) is 0. The third kappa shape index (κ3) is 2.30. The van der Waals surface area contributed by atoms with Gasteiger partial charge < -0.3 is 9.47 Å². The maximum Gasteiger partial charge on any atom is 0.0482 e. The molecule has 2 nitrogen and oxygen atoms in total. The number of likely N-dealkylation sites (tertiary alicyclic amines) is 1. The smallest absolute Gasteiger partial charge is 0.0482 e. The van der Waals surface area contributed by atoms with Crippen LogP contribution in [-0.4, -0.2) is 29.1 Å². The molecule has 1 aliphatic heterocycles. The first-order valence-corrected chi connectivity index (χ1v) is 7.12. The van der Waals surface area contributed by atoms with E-state index in [4.69, 9.17) is 0 Å². The van der Waals surface area contributed by atoms with E-state index in [9.17, 15) is 0 Å². The summed E-state index contributed by atoms with van der Waals surface area (Å²) in [6.45, 7) is 7.24. The zero-order valence-corrected chi connectivity index (χ0v) is 11.2. The lowest BCUT2D eigenvalue weighted by Gasteiger charge is -2.15. The highest BCUT2D eigenvalue weighted by Gasteiger charge is 2.11. The minimum Gasteiger partial charge on any atom is -0.345 e. The summed E-state index contributed by atoms with van der Waals surface area (Å²) in [5.74, 6) is 0. The number of hydrogen-bond donors (Lipinski definition) is 0. The molecule has 0 saturated carbocycles. The number of aromatic nitrogens is 1. The molecular formula is C16H22N2. The van der Waals surface area contributed by atoms with Gasteiger partial charge in [-0.2, -0.15) is 0 Å². The van der Waals surface area contributed by atoms with Crippen molar-refractivity contribution < 1.29 is 0 Å². The Balaban J connectivity index is 1.68. The second kappa shape index (κ2) is 5.15. The van der Waals surface area contributed by atoms with Crippen LogP contribution in [-0.2, 0) is 6.54 Å². The van der Waals surface area contributed by atoms with Crippen molar-refractivity contribution in [3.8, 4) is 0 Å². The first-order chi connectivity index (χ1) is 8.84. The fraction of sp³-hybridized carbons (Fsp3) is 0.500. The summed E-state index contributed by atoms with van der Waals surface area (Å²) in [5.41, 5.74) is 2.77. The predicted molar refractivity (Wildman–Crippen MR) is 77.0 cm³/mol. The van der Waals surface area contributed by atoms with Crippen molar-refractivity contribution in [1.82, 2.24) is 9.47 Å². The van der Waals surface area contributed by atoms with Crippen LogP contribution in [0.3, 0.4) is 0 Å². The number of nitrogens with zero attached hydrogens (tertiary/aromatic N) is 2. The third-order valence-electron chi connectivity index (χ3n) is 4.07. The van der Waals surface area contributed by atoms with E-state index in [2.05, 4.69) is 46.7 Å². The van der Waals surface area contributed by atoms with Gasteiger partial charge in [-0.15, -0.1) is 0 Å². The van der Waals surface area contributed by atoms with Gasteiger partial charge in [-0.3, -0.25) is 0 Å². The highest BCUT2D eigenvalue weighted by molar-refractivity contribution is 5.81. The van der Waals surface area contributed by atoms with Crippen LogP contribution in [0.4, 0.5) is 0 Å². The van der Waals surface area contributed by atoms with E-state index in [1.165, 1.54) is 55.5 Å². The molecule has 2 aromatic rings. The van der Waals surface area contributed by atoms with Crippen molar-refractivity contribution in [2.24, 2.45) is 0 Å². The Morgan fingerprint density at radius 2 is 1.83 bits per heavy atom. The van der Waals surface area contributed by atoms with Gasteiger partial charge >= 0.3 is 0 Å². The second-order valence-electron chi connectivity index (χ2n) is 5.40. The average Bonchev–Trinajstić information content (AvgIpc) is 2.98. The number of para-hydroxylation sites is 1. The Morgan fingerprint density at radius 3 is 2.67 bits per heavy atom. The highest BCUT2D eigenvalue weighted by atomic mass is 15.1. The maximum atomic E-state index is 2.60. The van der Waals surface area contributed by atoms with E-state index < -0.39 is 0 Å². The monoisotopic (exact) mass is 242 g/mol. The molecule has 0 aliphatic carbocycles. The van der Waals surface area contributed by atoms with Crippen LogP contribution in [0, 0.1) is 6.92 Å². The molecule has 0 radical (unpaired) electrons. The van der Waals surface area contributed by atoms with Gasteiger partial charge in [0.25, 0.3) is 0 Å². The molecule has 0 atom stereocenters. The molecule has 0 amide bonds. The van der Waals surface area contributed by atoms with Crippen LogP contribution in [0.15, 0.2) is 30.3 Å². The molecule has 1 fully saturated rings.